The highest BCUT2D eigenvalue weighted by Gasteiger charge is 2.27. The highest BCUT2D eigenvalue weighted by molar-refractivity contribution is 6.06. The molecule has 2 aromatic carbocycles. The van der Waals surface area contributed by atoms with Gasteiger partial charge in [0.05, 0.1) is 18.4 Å². The molecule has 0 aliphatic carbocycles. The van der Waals surface area contributed by atoms with Crippen LogP contribution in [0.2, 0.25) is 0 Å². The third-order valence-corrected chi connectivity index (χ3v) is 4.86. The fourth-order valence-corrected chi connectivity index (χ4v) is 3.47. The molecule has 11 heteroatoms. The molecule has 0 unspecified atom stereocenters. The number of halogens is 4. The summed E-state index contributed by atoms with van der Waals surface area (Å²) in [5.41, 5.74) is -1.71. The molecule has 7 nitrogen and oxygen atoms in total. The molecule has 1 N–H and O–H groups in total. The molecule has 33 heavy (non-hydrogen) atoms. The van der Waals surface area contributed by atoms with E-state index in [1.54, 1.807) is 13.8 Å². The monoisotopic (exact) mass is 467 g/mol. The van der Waals surface area contributed by atoms with E-state index >= 15 is 0 Å². The zero-order valence-electron chi connectivity index (χ0n) is 18.2. The summed E-state index contributed by atoms with van der Waals surface area (Å²) >= 11 is 0. The first kappa shape index (κ1) is 23.9. The van der Waals surface area contributed by atoms with Crippen LogP contribution in [0.5, 0.6) is 11.5 Å². The van der Waals surface area contributed by atoms with Crippen molar-refractivity contribution in [2.75, 3.05) is 12.4 Å². The predicted molar refractivity (Wildman–Crippen MR) is 113 cm³/mol. The van der Waals surface area contributed by atoms with Crippen LogP contribution < -0.4 is 20.3 Å². The van der Waals surface area contributed by atoms with E-state index in [0.29, 0.717) is 0 Å². The number of nitrogens with zero attached hydrogens (tertiary/aromatic N) is 2. The number of methoxy groups -OCH3 is 1. The summed E-state index contributed by atoms with van der Waals surface area (Å²) in [6.07, 6.45) is 0. The summed E-state index contributed by atoms with van der Waals surface area (Å²) in [6, 6.07) is 6.26. The second-order valence-electron chi connectivity index (χ2n) is 7.31. The summed E-state index contributed by atoms with van der Waals surface area (Å²) in [6.45, 7) is 0.360. The Bertz CT molecular complexity index is 1210. The van der Waals surface area contributed by atoms with E-state index in [1.165, 1.54) is 35.7 Å². The van der Waals surface area contributed by atoms with E-state index < -0.39 is 41.3 Å². The highest BCUT2D eigenvalue weighted by atomic mass is 19.3. The van der Waals surface area contributed by atoms with Crippen molar-refractivity contribution >= 4 is 11.6 Å². The zero-order chi connectivity index (χ0) is 24.4. The van der Waals surface area contributed by atoms with Crippen LogP contribution in [-0.4, -0.2) is 29.0 Å². The van der Waals surface area contributed by atoms with E-state index in [1.807, 2.05) is 0 Å². The maximum absolute atomic E-state index is 14.9. The number of carbonyl (C=O) groups excluding carboxylic acids is 1. The molecule has 0 fully saturated rings. The number of hydrogen-bond acceptors (Lipinski definition) is 4. The average Bonchev–Trinajstić information content (AvgIpc) is 2.97. The predicted octanol–water partition coefficient (Wildman–Crippen LogP) is 4.58. The first-order chi connectivity index (χ1) is 15.5. The lowest BCUT2D eigenvalue weighted by Crippen LogP contribution is -2.25. The molecule has 176 valence electrons. The first-order valence-corrected chi connectivity index (χ1v) is 9.76. The lowest BCUT2D eigenvalue weighted by molar-refractivity contribution is -0.0498. The minimum atomic E-state index is -3.03. The minimum absolute atomic E-state index is 0.0117. The molecule has 1 heterocycles. The van der Waals surface area contributed by atoms with Crippen molar-refractivity contribution in [3.05, 3.63) is 63.9 Å². The van der Waals surface area contributed by atoms with E-state index in [9.17, 15) is 27.2 Å². The average molecular weight is 467 g/mol. The summed E-state index contributed by atoms with van der Waals surface area (Å²) in [7, 11) is 2.69. The summed E-state index contributed by atoms with van der Waals surface area (Å²) in [5.74, 6) is -2.99. The van der Waals surface area contributed by atoms with Crippen molar-refractivity contribution in [2.24, 2.45) is 7.05 Å². The van der Waals surface area contributed by atoms with Crippen LogP contribution in [0.25, 0.3) is 11.3 Å². The lowest BCUT2D eigenvalue weighted by atomic mass is 10.1. The van der Waals surface area contributed by atoms with Gasteiger partial charge in [0.2, 0.25) is 0 Å². The summed E-state index contributed by atoms with van der Waals surface area (Å²) in [4.78, 5) is 25.8. The van der Waals surface area contributed by atoms with Gasteiger partial charge in [-0.15, -0.1) is 0 Å². The molecule has 0 radical (unpaired) electrons. The molecule has 0 bridgehead atoms. The molecule has 0 saturated carbocycles. The van der Waals surface area contributed by atoms with E-state index in [0.717, 1.165) is 24.3 Å². The summed E-state index contributed by atoms with van der Waals surface area (Å²) in [5, 5.41) is 2.41. The second kappa shape index (κ2) is 9.39. The van der Waals surface area contributed by atoms with Crippen molar-refractivity contribution in [1.29, 1.82) is 0 Å². The van der Waals surface area contributed by atoms with Gasteiger partial charge in [-0.2, -0.15) is 8.78 Å². The molecule has 0 aliphatic heterocycles. The lowest BCUT2D eigenvalue weighted by Gasteiger charge is -2.14. The highest BCUT2D eigenvalue weighted by Crippen LogP contribution is 2.34. The molecule has 0 aliphatic rings. The van der Waals surface area contributed by atoms with Gasteiger partial charge in [0.25, 0.3) is 11.5 Å². The van der Waals surface area contributed by atoms with Crippen LogP contribution in [-0.2, 0) is 7.05 Å². The van der Waals surface area contributed by atoms with Gasteiger partial charge in [-0.05, 0) is 38.1 Å². The molecular weight excluding hydrogens is 446 g/mol. The fraction of sp³-hybridized carbons (Fsp3) is 0.273. The largest absolute Gasteiger partial charge is 0.497 e. The molecule has 0 saturated heterocycles. The molecule has 3 aromatic rings. The third-order valence-electron chi connectivity index (χ3n) is 4.86. The van der Waals surface area contributed by atoms with Crippen molar-refractivity contribution in [1.82, 2.24) is 9.36 Å². The van der Waals surface area contributed by atoms with Crippen molar-refractivity contribution in [3.8, 4) is 22.8 Å². The van der Waals surface area contributed by atoms with Crippen LogP contribution >= 0.6 is 0 Å². The number of ether oxygens (including phenoxy) is 2. The minimum Gasteiger partial charge on any atom is -0.497 e. The number of hydrogen-bond donors (Lipinski definition) is 1. The Hall–Kier alpha value is -3.76. The number of carbonyl (C=O) groups is 1. The van der Waals surface area contributed by atoms with Gasteiger partial charge in [0, 0.05) is 30.8 Å². The Labute approximate surface area is 186 Å². The Morgan fingerprint density at radius 3 is 2.09 bits per heavy atom. The molecule has 1 amide bonds. The van der Waals surface area contributed by atoms with Crippen LogP contribution in [0, 0.1) is 11.6 Å². The standard InChI is InChI=1S/C22H21F4N3O4/c1-11(2)29-21(31)18(27-20(30)12-5-7-13(8-6-12)33-22(25)26)19(28(29)3)17-15(23)9-14(32-4)10-16(17)24/h5-11,22H,1-4H3,(H,27,30). The zero-order valence-corrected chi connectivity index (χ0v) is 18.2. The van der Waals surface area contributed by atoms with Gasteiger partial charge < -0.3 is 14.8 Å². The normalized spacial score (nSPS) is 11.2. The van der Waals surface area contributed by atoms with E-state index in [2.05, 4.69) is 10.1 Å². The third kappa shape index (κ3) is 4.71. The Morgan fingerprint density at radius 2 is 1.61 bits per heavy atom. The molecule has 3 rings (SSSR count). The number of aromatic nitrogens is 2. The van der Waals surface area contributed by atoms with Crippen LogP contribution in [0.3, 0.4) is 0 Å². The Balaban J connectivity index is 2.10. The molecule has 1 aromatic heterocycles. The van der Waals surface area contributed by atoms with Gasteiger partial charge in [-0.3, -0.25) is 14.3 Å². The van der Waals surface area contributed by atoms with Gasteiger partial charge in [-0.25, -0.2) is 13.5 Å². The van der Waals surface area contributed by atoms with Gasteiger partial charge in [-0.1, -0.05) is 0 Å². The molecule has 0 atom stereocenters. The van der Waals surface area contributed by atoms with Crippen LogP contribution in [0.1, 0.15) is 30.2 Å². The number of nitrogens with one attached hydrogen (secondary N) is 1. The number of benzene rings is 2. The first-order valence-electron chi connectivity index (χ1n) is 9.76. The second-order valence-corrected chi connectivity index (χ2v) is 7.31. The van der Waals surface area contributed by atoms with E-state index in [4.69, 9.17) is 4.74 Å². The molecular formula is C22H21F4N3O4. The number of rotatable bonds is 7. The van der Waals surface area contributed by atoms with Crippen molar-refractivity contribution in [3.63, 3.8) is 0 Å². The van der Waals surface area contributed by atoms with Gasteiger partial charge >= 0.3 is 6.61 Å². The quantitative estimate of drug-likeness (QED) is 0.517. The number of amides is 1. The van der Waals surface area contributed by atoms with Crippen molar-refractivity contribution < 1.29 is 31.8 Å². The summed E-state index contributed by atoms with van der Waals surface area (Å²) < 4.78 is 66.0. The van der Waals surface area contributed by atoms with Crippen molar-refractivity contribution in [2.45, 2.75) is 26.5 Å². The van der Waals surface area contributed by atoms with Gasteiger partial charge in [0.1, 0.15) is 28.8 Å². The van der Waals surface area contributed by atoms with Gasteiger partial charge in [0.15, 0.2) is 0 Å². The van der Waals surface area contributed by atoms with Crippen LogP contribution in [0.15, 0.2) is 41.2 Å². The topological polar surface area (TPSA) is 74.5 Å². The maximum Gasteiger partial charge on any atom is 0.387 e. The SMILES string of the molecule is COc1cc(F)c(-c2c(NC(=O)c3ccc(OC(F)F)cc3)c(=O)n(C(C)C)n2C)c(F)c1. The Morgan fingerprint density at radius 1 is 1.03 bits per heavy atom. The Kier molecular flexibility index (Phi) is 6.80. The molecule has 0 spiro atoms. The van der Waals surface area contributed by atoms with E-state index in [-0.39, 0.29) is 28.4 Å². The smallest absolute Gasteiger partial charge is 0.387 e. The maximum atomic E-state index is 14.9. The number of alkyl halides is 2. The fourth-order valence-electron chi connectivity index (χ4n) is 3.47. The number of anilines is 1. The van der Waals surface area contributed by atoms with Crippen LogP contribution in [0.4, 0.5) is 23.2 Å².